The minimum Gasteiger partial charge on any atom is -0.333 e. The van der Waals surface area contributed by atoms with Gasteiger partial charge in [-0.25, -0.2) is 0 Å². The molecule has 0 bridgehead atoms. The molecule has 0 aliphatic carbocycles. The highest BCUT2D eigenvalue weighted by atomic mass is 16.2. The number of amides is 1. The van der Waals surface area contributed by atoms with Gasteiger partial charge in [-0.2, -0.15) is 0 Å². The van der Waals surface area contributed by atoms with Gasteiger partial charge in [-0.1, -0.05) is 54.6 Å². The Morgan fingerprint density at radius 2 is 1.76 bits per heavy atom. The Hall–Kier alpha value is -2.94. The lowest BCUT2D eigenvalue weighted by atomic mass is 9.84. The third kappa shape index (κ3) is 3.05. The number of carbonyl (C=O) groups excluding carboxylic acids is 1. The van der Waals surface area contributed by atoms with Crippen LogP contribution in [0.3, 0.4) is 0 Å². The first kappa shape index (κ1) is 15.6. The molecular weight excluding hydrogens is 308 g/mol. The van der Waals surface area contributed by atoms with Gasteiger partial charge in [-0.05, 0) is 35.7 Å². The van der Waals surface area contributed by atoms with E-state index in [9.17, 15) is 4.79 Å². The lowest BCUT2D eigenvalue weighted by Gasteiger charge is -2.35. The van der Waals surface area contributed by atoms with Gasteiger partial charge in [0.15, 0.2) is 0 Å². The predicted octanol–water partition coefficient (Wildman–Crippen LogP) is 4.18. The van der Waals surface area contributed by atoms with Gasteiger partial charge in [0.1, 0.15) is 0 Å². The van der Waals surface area contributed by atoms with Crippen LogP contribution in [-0.2, 0) is 6.54 Å². The van der Waals surface area contributed by atoms with Gasteiger partial charge in [0.25, 0.3) is 5.91 Å². The zero-order chi connectivity index (χ0) is 17.2. The van der Waals surface area contributed by atoms with Crippen LogP contribution in [0, 0.1) is 6.92 Å². The van der Waals surface area contributed by atoms with Gasteiger partial charge in [0.05, 0.1) is 5.56 Å². The van der Waals surface area contributed by atoms with Gasteiger partial charge >= 0.3 is 0 Å². The molecule has 0 unspecified atom stereocenters. The summed E-state index contributed by atoms with van der Waals surface area (Å²) in [5.74, 6) is 0.247. The van der Waals surface area contributed by atoms with E-state index in [1.54, 1.807) is 6.20 Å². The number of aryl methyl sites for hydroxylation is 1. The second-order valence-corrected chi connectivity index (χ2v) is 6.54. The lowest BCUT2D eigenvalue weighted by Crippen LogP contribution is -2.38. The molecule has 0 radical (unpaired) electrons. The Morgan fingerprint density at radius 3 is 2.52 bits per heavy atom. The minimum atomic E-state index is 0.0444. The highest BCUT2D eigenvalue weighted by Crippen LogP contribution is 2.33. The molecule has 0 fully saturated rings. The van der Waals surface area contributed by atoms with E-state index in [1.807, 2.05) is 36.1 Å². The molecule has 1 aromatic heterocycles. The molecule has 1 atom stereocenters. The number of benzene rings is 2. The fraction of sp³-hybridized carbons (Fsp3) is 0.182. The minimum absolute atomic E-state index is 0.0444. The fourth-order valence-corrected chi connectivity index (χ4v) is 3.51. The molecule has 1 aliphatic rings. The molecule has 25 heavy (non-hydrogen) atoms. The number of carbonyl (C=O) groups is 1. The van der Waals surface area contributed by atoms with Crippen LogP contribution in [0.4, 0.5) is 0 Å². The molecule has 3 aromatic rings. The summed E-state index contributed by atoms with van der Waals surface area (Å²) in [6, 6.07) is 22.6. The van der Waals surface area contributed by atoms with Crippen molar-refractivity contribution >= 4 is 5.91 Å². The van der Waals surface area contributed by atoms with E-state index in [2.05, 4.69) is 47.4 Å². The maximum absolute atomic E-state index is 13.0. The van der Waals surface area contributed by atoms with E-state index >= 15 is 0 Å². The summed E-state index contributed by atoms with van der Waals surface area (Å²) in [5.41, 5.74) is 5.35. The number of rotatable bonds is 2. The topological polar surface area (TPSA) is 33.2 Å². The van der Waals surface area contributed by atoms with Crippen molar-refractivity contribution in [1.29, 1.82) is 0 Å². The maximum Gasteiger partial charge on any atom is 0.255 e. The molecule has 3 nitrogen and oxygen atoms in total. The van der Waals surface area contributed by atoms with Crippen molar-refractivity contribution in [2.24, 2.45) is 0 Å². The van der Waals surface area contributed by atoms with Crippen molar-refractivity contribution in [2.45, 2.75) is 19.4 Å². The van der Waals surface area contributed by atoms with Crippen LogP contribution in [0.2, 0.25) is 0 Å². The zero-order valence-corrected chi connectivity index (χ0v) is 14.2. The SMILES string of the molecule is Cc1ccc(C(=O)N2Cc3ccccc3[C@H](c3ccccc3)C2)cn1. The third-order valence-electron chi connectivity index (χ3n) is 4.84. The highest BCUT2D eigenvalue weighted by Gasteiger charge is 2.29. The molecule has 2 heterocycles. The fourth-order valence-electron chi connectivity index (χ4n) is 3.51. The van der Waals surface area contributed by atoms with Crippen LogP contribution in [0.25, 0.3) is 0 Å². The summed E-state index contributed by atoms with van der Waals surface area (Å²) in [4.78, 5) is 19.2. The molecule has 0 saturated heterocycles. The molecular formula is C22H20N2O. The molecule has 0 saturated carbocycles. The van der Waals surface area contributed by atoms with Crippen LogP contribution < -0.4 is 0 Å². The van der Waals surface area contributed by atoms with Crippen LogP contribution >= 0.6 is 0 Å². The van der Waals surface area contributed by atoms with E-state index in [0.29, 0.717) is 18.7 Å². The predicted molar refractivity (Wildman–Crippen MR) is 98.4 cm³/mol. The Kier molecular flexibility index (Phi) is 4.06. The Labute approximate surface area is 148 Å². The van der Waals surface area contributed by atoms with Gasteiger partial charge in [0.2, 0.25) is 0 Å². The molecule has 0 spiro atoms. The summed E-state index contributed by atoms with van der Waals surface area (Å²) >= 11 is 0. The number of aromatic nitrogens is 1. The molecule has 1 amide bonds. The molecule has 1 aliphatic heterocycles. The number of pyridine rings is 1. The maximum atomic E-state index is 13.0. The first-order chi connectivity index (χ1) is 12.2. The molecule has 4 rings (SSSR count). The average Bonchev–Trinajstić information content (AvgIpc) is 2.68. The number of fused-ring (bicyclic) bond motifs is 1. The Balaban J connectivity index is 1.70. The second-order valence-electron chi connectivity index (χ2n) is 6.54. The normalized spacial score (nSPS) is 16.4. The van der Waals surface area contributed by atoms with Crippen LogP contribution in [0.5, 0.6) is 0 Å². The van der Waals surface area contributed by atoms with Crippen molar-refractivity contribution < 1.29 is 4.79 Å². The number of hydrogen-bond donors (Lipinski definition) is 0. The van der Waals surface area contributed by atoms with E-state index in [0.717, 1.165) is 5.69 Å². The summed E-state index contributed by atoms with van der Waals surface area (Å²) in [5, 5.41) is 0. The first-order valence-corrected chi connectivity index (χ1v) is 8.57. The van der Waals surface area contributed by atoms with Gasteiger partial charge < -0.3 is 4.90 Å². The summed E-state index contributed by atoms with van der Waals surface area (Å²) in [7, 11) is 0. The van der Waals surface area contributed by atoms with Crippen molar-refractivity contribution in [1.82, 2.24) is 9.88 Å². The van der Waals surface area contributed by atoms with Crippen molar-refractivity contribution in [3.05, 3.63) is 101 Å². The standard InChI is InChI=1S/C22H20N2O/c1-16-11-12-18(13-23-16)22(25)24-14-19-9-5-6-10-20(19)21(15-24)17-7-3-2-4-8-17/h2-13,21H,14-15H2,1H3/t21-/m0/s1. The summed E-state index contributed by atoms with van der Waals surface area (Å²) in [6.45, 7) is 3.26. The summed E-state index contributed by atoms with van der Waals surface area (Å²) < 4.78 is 0. The average molecular weight is 328 g/mol. The van der Waals surface area contributed by atoms with Gasteiger partial charge in [-0.15, -0.1) is 0 Å². The molecule has 2 aromatic carbocycles. The van der Waals surface area contributed by atoms with Gasteiger partial charge in [-0.3, -0.25) is 9.78 Å². The van der Waals surface area contributed by atoms with Crippen LogP contribution in [-0.4, -0.2) is 22.3 Å². The zero-order valence-electron chi connectivity index (χ0n) is 14.2. The summed E-state index contributed by atoms with van der Waals surface area (Å²) in [6.07, 6.45) is 1.68. The van der Waals surface area contributed by atoms with E-state index < -0.39 is 0 Å². The number of nitrogens with zero attached hydrogens (tertiary/aromatic N) is 2. The molecule has 0 N–H and O–H groups in total. The Morgan fingerprint density at radius 1 is 1.00 bits per heavy atom. The van der Waals surface area contributed by atoms with E-state index in [4.69, 9.17) is 0 Å². The van der Waals surface area contributed by atoms with Crippen LogP contribution in [0.15, 0.2) is 72.9 Å². The van der Waals surface area contributed by atoms with E-state index in [1.165, 1.54) is 16.7 Å². The third-order valence-corrected chi connectivity index (χ3v) is 4.84. The van der Waals surface area contributed by atoms with Gasteiger partial charge in [0, 0.05) is 30.9 Å². The largest absolute Gasteiger partial charge is 0.333 e. The smallest absolute Gasteiger partial charge is 0.255 e. The van der Waals surface area contributed by atoms with Crippen molar-refractivity contribution in [3.8, 4) is 0 Å². The van der Waals surface area contributed by atoms with E-state index in [-0.39, 0.29) is 11.8 Å². The monoisotopic (exact) mass is 328 g/mol. The Bertz CT molecular complexity index is 887. The molecule has 3 heteroatoms. The first-order valence-electron chi connectivity index (χ1n) is 8.57. The quantitative estimate of drug-likeness (QED) is 0.707. The highest BCUT2D eigenvalue weighted by molar-refractivity contribution is 5.94. The van der Waals surface area contributed by atoms with Crippen molar-refractivity contribution in [3.63, 3.8) is 0 Å². The lowest BCUT2D eigenvalue weighted by molar-refractivity contribution is 0.0724. The second kappa shape index (κ2) is 6.52. The molecule has 124 valence electrons. The van der Waals surface area contributed by atoms with Crippen molar-refractivity contribution in [2.75, 3.05) is 6.54 Å². The van der Waals surface area contributed by atoms with Crippen LogP contribution in [0.1, 0.15) is 38.7 Å². The number of hydrogen-bond acceptors (Lipinski definition) is 2.